The Balaban J connectivity index is 2.19. The average Bonchev–Trinajstić information content (AvgIpc) is 2.25. The fourth-order valence-electron chi connectivity index (χ4n) is 2.31. The SMILES string of the molecule is Cc1cc(C)c(OCc2cc(N)cc(F)c2)c(C)c1. The first-order valence-electron chi connectivity index (χ1n) is 6.21. The van der Waals surface area contributed by atoms with Gasteiger partial charge in [-0.2, -0.15) is 0 Å². The number of anilines is 1. The summed E-state index contributed by atoms with van der Waals surface area (Å²) in [5.41, 5.74) is 10.1. The maximum Gasteiger partial charge on any atom is 0.125 e. The van der Waals surface area contributed by atoms with Crippen molar-refractivity contribution < 1.29 is 9.13 Å². The van der Waals surface area contributed by atoms with Crippen molar-refractivity contribution in [3.63, 3.8) is 0 Å². The highest BCUT2D eigenvalue weighted by Gasteiger charge is 2.06. The van der Waals surface area contributed by atoms with E-state index in [1.54, 1.807) is 6.07 Å². The summed E-state index contributed by atoms with van der Waals surface area (Å²) < 4.78 is 19.0. The van der Waals surface area contributed by atoms with Gasteiger partial charge < -0.3 is 10.5 Å². The van der Waals surface area contributed by atoms with E-state index in [1.807, 2.05) is 13.8 Å². The molecule has 0 aliphatic carbocycles. The molecule has 0 amide bonds. The number of halogens is 1. The zero-order valence-electron chi connectivity index (χ0n) is 11.5. The summed E-state index contributed by atoms with van der Waals surface area (Å²) in [6.07, 6.45) is 0. The molecule has 0 aliphatic heterocycles. The summed E-state index contributed by atoms with van der Waals surface area (Å²) in [6.45, 7) is 6.38. The molecule has 0 aliphatic rings. The Bertz CT molecular complexity index is 564. The van der Waals surface area contributed by atoms with Gasteiger partial charge in [0.05, 0.1) is 0 Å². The summed E-state index contributed by atoms with van der Waals surface area (Å²) in [5, 5.41) is 0. The van der Waals surface area contributed by atoms with E-state index in [9.17, 15) is 4.39 Å². The predicted molar refractivity (Wildman–Crippen MR) is 75.8 cm³/mol. The summed E-state index contributed by atoms with van der Waals surface area (Å²) in [5.74, 6) is 0.518. The van der Waals surface area contributed by atoms with E-state index in [1.165, 1.54) is 17.7 Å². The molecule has 0 bridgehead atoms. The van der Waals surface area contributed by atoms with Crippen molar-refractivity contribution in [2.24, 2.45) is 0 Å². The molecule has 2 N–H and O–H groups in total. The van der Waals surface area contributed by atoms with Gasteiger partial charge >= 0.3 is 0 Å². The zero-order valence-corrected chi connectivity index (χ0v) is 11.5. The van der Waals surface area contributed by atoms with Crippen LogP contribution in [-0.4, -0.2) is 0 Å². The number of hydrogen-bond acceptors (Lipinski definition) is 2. The van der Waals surface area contributed by atoms with E-state index in [2.05, 4.69) is 19.1 Å². The number of benzene rings is 2. The lowest BCUT2D eigenvalue weighted by Gasteiger charge is -2.13. The molecule has 2 nitrogen and oxygen atoms in total. The van der Waals surface area contributed by atoms with Crippen LogP contribution in [0.4, 0.5) is 10.1 Å². The van der Waals surface area contributed by atoms with Gasteiger partial charge in [-0.3, -0.25) is 0 Å². The van der Waals surface area contributed by atoms with Gasteiger partial charge in [-0.1, -0.05) is 17.7 Å². The number of rotatable bonds is 3. The van der Waals surface area contributed by atoms with Crippen molar-refractivity contribution >= 4 is 5.69 Å². The Morgan fingerprint density at radius 1 is 1.00 bits per heavy atom. The second-order valence-electron chi connectivity index (χ2n) is 4.91. The second-order valence-corrected chi connectivity index (χ2v) is 4.91. The molecule has 0 heterocycles. The van der Waals surface area contributed by atoms with Crippen LogP contribution in [0.15, 0.2) is 30.3 Å². The third-order valence-corrected chi connectivity index (χ3v) is 2.97. The molecule has 0 aromatic heterocycles. The normalized spacial score (nSPS) is 10.5. The molecule has 0 spiro atoms. The molecular formula is C16H18FNO. The molecule has 0 unspecified atom stereocenters. The largest absolute Gasteiger partial charge is 0.488 e. The second kappa shape index (κ2) is 5.31. The number of nitrogens with two attached hydrogens (primary N) is 1. The van der Waals surface area contributed by atoms with Gasteiger partial charge in [0, 0.05) is 5.69 Å². The number of ether oxygens (including phenoxy) is 1. The number of aryl methyl sites for hydroxylation is 3. The molecule has 0 saturated heterocycles. The Labute approximate surface area is 113 Å². The minimum absolute atomic E-state index is 0.312. The van der Waals surface area contributed by atoms with Crippen LogP contribution in [0.2, 0.25) is 0 Å². The third-order valence-electron chi connectivity index (χ3n) is 2.97. The van der Waals surface area contributed by atoms with Crippen LogP contribution < -0.4 is 10.5 Å². The average molecular weight is 259 g/mol. The summed E-state index contributed by atoms with van der Waals surface area (Å²) >= 11 is 0. The fraction of sp³-hybridized carbons (Fsp3) is 0.250. The van der Waals surface area contributed by atoms with E-state index >= 15 is 0 Å². The summed E-state index contributed by atoms with van der Waals surface area (Å²) in [6, 6.07) is 8.60. The van der Waals surface area contributed by atoms with Gasteiger partial charge in [-0.15, -0.1) is 0 Å². The highest BCUT2D eigenvalue weighted by atomic mass is 19.1. The summed E-state index contributed by atoms with van der Waals surface area (Å²) in [7, 11) is 0. The van der Waals surface area contributed by atoms with E-state index in [4.69, 9.17) is 10.5 Å². The number of nitrogen functional groups attached to an aromatic ring is 1. The monoisotopic (exact) mass is 259 g/mol. The van der Waals surface area contributed by atoms with Crippen LogP contribution in [-0.2, 0) is 6.61 Å². The van der Waals surface area contributed by atoms with E-state index < -0.39 is 0 Å². The Morgan fingerprint density at radius 3 is 2.21 bits per heavy atom. The van der Waals surface area contributed by atoms with Gasteiger partial charge in [-0.05, 0) is 55.7 Å². The van der Waals surface area contributed by atoms with Crippen LogP contribution in [0.25, 0.3) is 0 Å². The third kappa shape index (κ3) is 3.25. The van der Waals surface area contributed by atoms with Crippen LogP contribution in [0.3, 0.4) is 0 Å². The first-order chi connectivity index (χ1) is 8.95. The molecule has 100 valence electrons. The van der Waals surface area contributed by atoms with Crippen molar-refractivity contribution in [2.45, 2.75) is 27.4 Å². The van der Waals surface area contributed by atoms with Gasteiger partial charge in [0.1, 0.15) is 18.2 Å². The molecule has 3 heteroatoms. The lowest BCUT2D eigenvalue weighted by molar-refractivity contribution is 0.301. The highest BCUT2D eigenvalue weighted by molar-refractivity contribution is 5.44. The Hall–Kier alpha value is -2.03. The molecular weight excluding hydrogens is 241 g/mol. The molecule has 19 heavy (non-hydrogen) atoms. The highest BCUT2D eigenvalue weighted by Crippen LogP contribution is 2.25. The fourth-order valence-corrected chi connectivity index (χ4v) is 2.31. The zero-order chi connectivity index (χ0) is 14.0. The Morgan fingerprint density at radius 2 is 1.63 bits per heavy atom. The van der Waals surface area contributed by atoms with Crippen molar-refractivity contribution in [1.29, 1.82) is 0 Å². The van der Waals surface area contributed by atoms with Gasteiger partial charge in [0.15, 0.2) is 0 Å². The van der Waals surface area contributed by atoms with Crippen molar-refractivity contribution in [3.8, 4) is 5.75 Å². The van der Waals surface area contributed by atoms with Crippen molar-refractivity contribution in [2.75, 3.05) is 5.73 Å². The Kier molecular flexibility index (Phi) is 3.74. The molecule has 0 radical (unpaired) electrons. The predicted octanol–water partition coefficient (Wildman–Crippen LogP) is 3.91. The van der Waals surface area contributed by atoms with Crippen LogP contribution in [0, 0.1) is 26.6 Å². The van der Waals surface area contributed by atoms with Crippen molar-refractivity contribution in [1.82, 2.24) is 0 Å². The maximum atomic E-state index is 13.2. The maximum absolute atomic E-state index is 13.2. The smallest absolute Gasteiger partial charge is 0.125 e. The van der Waals surface area contributed by atoms with Gasteiger partial charge in [0.2, 0.25) is 0 Å². The van der Waals surface area contributed by atoms with Crippen LogP contribution in [0.5, 0.6) is 5.75 Å². The van der Waals surface area contributed by atoms with E-state index in [0.29, 0.717) is 12.3 Å². The molecule has 0 fully saturated rings. The summed E-state index contributed by atoms with van der Waals surface area (Å²) in [4.78, 5) is 0. The molecule has 2 aromatic rings. The first kappa shape index (κ1) is 13.4. The lowest BCUT2D eigenvalue weighted by Crippen LogP contribution is -2.01. The molecule has 2 aromatic carbocycles. The minimum atomic E-state index is -0.337. The standard InChI is InChI=1S/C16H18FNO/c1-10-4-11(2)16(12(3)5-10)19-9-13-6-14(17)8-15(18)7-13/h4-8H,9,18H2,1-3H3. The molecule has 0 saturated carbocycles. The minimum Gasteiger partial charge on any atom is -0.488 e. The van der Waals surface area contributed by atoms with Crippen LogP contribution >= 0.6 is 0 Å². The van der Waals surface area contributed by atoms with Crippen LogP contribution in [0.1, 0.15) is 22.3 Å². The molecule has 0 atom stereocenters. The number of hydrogen-bond donors (Lipinski definition) is 1. The quantitative estimate of drug-likeness (QED) is 0.848. The van der Waals surface area contributed by atoms with Gasteiger partial charge in [0.25, 0.3) is 0 Å². The van der Waals surface area contributed by atoms with Gasteiger partial charge in [-0.25, -0.2) is 4.39 Å². The topological polar surface area (TPSA) is 35.2 Å². The van der Waals surface area contributed by atoms with E-state index in [-0.39, 0.29) is 5.82 Å². The molecule has 2 rings (SSSR count). The first-order valence-corrected chi connectivity index (χ1v) is 6.21. The van der Waals surface area contributed by atoms with Crippen molar-refractivity contribution in [3.05, 3.63) is 58.4 Å². The lowest BCUT2D eigenvalue weighted by atomic mass is 10.1. The van der Waals surface area contributed by atoms with E-state index in [0.717, 1.165) is 22.4 Å².